The molecule has 2 atom stereocenters. The molecule has 73 valence electrons. The van der Waals surface area contributed by atoms with E-state index in [2.05, 4.69) is 6.07 Å². The predicted molar refractivity (Wildman–Crippen MR) is 48.2 cm³/mol. The minimum atomic E-state index is -0.738. The van der Waals surface area contributed by atoms with Crippen molar-refractivity contribution in [2.75, 3.05) is 0 Å². The Morgan fingerprint density at radius 1 is 1.71 bits per heavy atom. The summed E-state index contributed by atoms with van der Waals surface area (Å²) in [7, 11) is 0. The van der Waals surface area contributed by atoms with Crippen LogP contribution in [0, 0.1) is 23.7 Å². The van der Waals surface area contributed by atoms with Crippen LogP contribution < -0.4 is 0 Å². The molecule has 3 heteroatoms. The summed E-state index contributed by atoms with van der Waals surface area (Å²) in [5.41, 5.74) is 0.856. The monoisotopic (exact) mass is 193 g/mol. The van der Waals surface area contributed by atoms with Gasteiger partial charge in [0.15, 0.2) is 0 Å². The average Bonchev–Trinajstić information content (AvgIpc) is 2.84. The molecule has 1 radical (unpaired) electrons. The quantitative estimate of drug-likeness (QED) is 0.795. The maximum atomic E-state index is 12.7. The number of halogens is 1. The van der Waals surface area contributed by atoms with Gasteiger partial charge in [0.2, 0.25) is 0 Å². The lowest BCUT2D eigenvalue weighted by Gasteiger charge is -1.98. The van der Waals surface area contributed by atoms with E-state index in [0.29, 0.717) is 6.42 Å². The molecular weight excluding hydrogens is 183 g/mol. The van der Waals surface area contributed by atoms with E-state index in [0.717, 1.165) is 12.0 Å². The third-order valence-corrected chi connectivity index (χ3v) is 2.57. The second-order valence-electron chi connectivity index (χ2n) is 3.69. The lowest BCUT2D eigenvalue weighted by atomic mass is 10.1. The van der Waals surface area contributed by atoms with Crippen molar-refractivity contribution in [2.24, 2.45) is 11.8 Å². The van der Waals surface area contributed by atoms with Crippen molar-refractivity contribution in [3.8, 4) is 0 Å². The van der Waals surface area contributed by atoms with E-state index in [-0.39, 0.29) is 17.7 Å². The zero-order chi connectivity index (χ0) is 10.1. The molecule has 1 aliphatic carbocycles. The number of carboxylic acids is 1. The molecule has 1 aromatic rings. The Kier molecular flexibility index (Phi) is 2.23. The molecule has 1 N–H and O–H groups in total. The number of benzene rings is 1. The Bertz CT molecular complexity index is 362. The van der Waals surface area contributed by atoms with E-state index in [4.69, 9.17) is 5.11 Å². The number of rotatable bonds is 3. The third kappa shape index (κ3) is 1.92. The molecule has 0 saturated heterocycles. The third-order valence-electron chi connectivity index (χ3n) is 2.57. The number of hydrogen-bond donors (Lipinski definition) is 1. The first kappa shape index (κ1) is 9.19. The van der Waals surface area contributed by atoms with Crippen molar-refractivity contribution >= 4 is 5.97 Å². The average molecular weight is 193 g/mol. The highest BCUT2D eigenvalue weighted by atomic mass is 19.1. The lowest BCUT2D eigenvalue weighted by molar-refractivity contribution is -0.138. The Labute approximate surface area is 81.4 Å². The second-order valence-corrected chi connectivity index (χ2v) is 3.69. The zero-order valence-electron chi connectivity index (χ0n) is 7.53. The summed E-state index contributed by atoms with van der Waals surface area (Å²) in [6, 6.07) is 7.14. The van der Waals surface area contributed by atoms with E-state index in [1.165, 1.54) is 12.1 Å². The molecule has 2 rings (SSSR count). The second kappa shape index (κ2) is 3.40. The lowest BCUT2D eigenvalue weighted by Crippen LogP contribution is -2.01. The van der Waals surface area contributed by atoms with Gasteiger partial charge >= 0.3 is 5.97 Å². The van der Waals surface area contributed by atoms with Gasteiger partial charge in [0.25, 0.3) is 0 Å². The van der Waals surface area contributed by atoms with Crippen LogP contribution in [0.4, 0.5) is 4.39 Å². The molecule has 1 aliphatic rings. The Morgan fingerprint density at radius 3 is 3.07 bits per heavy atom. The zero-order valence-corrected chi connectivity index (χ0v) is 7.53. The highest BCUT2D eigenvalue weighted by molar-refractivity contribution is 5.73. The van der Waals surface area contributed by atoms with Crippen molar-refractivity contribution in [1.82, 2.24) is 0 Å². The molecule has 0 unspecified atom stereocenters. The minimum absolute atomic E-state index is 0.189. The summed E-state index contributed by atoms with van der Waals surface area (Å²) in [5.74, 6) is -1.15. The molecule has 0 spiro atoms. The van der Waals surface area contributed by atoms with E-state index < -0.39 is 5.97 Å². The number of aliphatic carboxylic acids is 1. The van der Waals surface area contributed by atoms with E-state index >= 15 is 0 Å². The first-order chi connectivity index (χ1) is 6.66. The van der Waals surface area contributed by atoms with Crippen molar-refractivity contribution in [3.63, 3.8) is 0 Å². The van der Waals surface area contributed by atoms with Crippen molar-refractivity contribution < 1.29 is 14.3 Å². The first-order valence-corrected chi connectivity index (χ1v) is 4.56. The van der Waals surface area contributed by atoms with Gasteiger partial charge in [-0.3, -0.25) is 4.79 Å². The molecule has 1 fully saturated rings. The van der Waals surface area contributed by atoms with E-state index in [1.807, 2.05) is 0 Å². The summed E-state index contributed by atoms with van der Waals surface area (Å²) < 4.78 is 12.7. The SMILES string of the molecule is O=C(O)[C@@H]1C[C@@H]1Cc1cc[c]c(F)c1. The summed E-state index contributed by atoms with van der Waals surface area (Å²) in [6.45, 7) is 0. The van der Waals surface area contributed by atoms with Crippen LogP contribution in [0.15, 0.2) is 18.2 Å². The standard InChI is InChI=1S/C11H10FO2/c12-9-3-1-2-7(5-9)4-8-6-10(8)11(13)14/h1-2,5,8,10H,4,6H2,(H,13,14)/t8-,10+/m0/s1. The van der Waals surface area contributed by atoms with Gasteiger partial charge in [-0.25, -0.2) is 4.39 Å². The van der Waals surface area contributed by atoms with Gasteiger partial charge in [0.1, 0.15) is 5.82 Å². The van der Waals surface area contributed by atoms with Crippen molar-refractivity contribution in [3.05, 3.63) is 35.6 Å². The Morgan fingerprint density at radius 2 is 2.50 bits per heavy atom. The summed E-state index contributed by atoms with van der Waals surface area (Å²) in [4.78, 5) is 10.5. The summed E-state index contributed by atoms with van der Waals surface area (Å²) >= 11 is 0. The summed E-state index contributed by atoms with van der Waals surface area (Å²) in [6.07, 6.45) is 1.37. The van der Waals surface area contributed by atoms with E-state index in [9.17, 15) is 9.18 Å². The van der Waals surface area contributed by atoms with E-state index in [1.54, 1.807) is 6.07 Å². The van der Waals surface area contributed by atoms with Crippen LogP contribution in [-0.4, -0.2) is 11.1 Å². The molecule has 1 aromatic carbocycles. The molecule has 14 heavy (non-hydrogen) atoms. The molecule has 0 amide bonds. The van der Waals surface area contributed by atoms with Crippen LogP contribution in [-0.2, 0) is 11.2 Å². The first-order valence-electron chi connectivity index (χ1n) is 4.56. The van der Waals surface area contributed by atoms with Gasteiger partial charge in [0, 0.05) is 6.07 Å². The van der Waals surface area contributed by atoms with Gasteiger partial charge in [-0.05, 0) is 30.4 Å². The van der Waals surface area contributed by atoms with Crippen LogP contribution in [0.25, 0.3) is 0 Å². The Hall–Kier alpha value is -1.38. The van der Waals surface area contributed by atoms with Gasteiger partial charge in [-0.15, -0.1) is 0 Å². The molecule has 2 nitrogen and oxygen atoms in total. The van der Waals surface area contributed by atoms with Crippen LogP contribution in [0.5, 0.6) is 0 Å². The van der Waals surface area contributed by atoms with Gasteiger partial charge in [0.05, 0.1) is 5.92 Å². The van der Waals surface area contributed by atoms with Crippen LogP contribution in [0.2, 0.25) is 0 Å². The summed E-state index contributed by atoms with van der Waals surface area (Å²) in [5, 5.41) is 8.68. The smallest absolute Gasteiger partial charge is 0.306 e. The topological polar surface area (TPSA) is 37.3 Å². The van der Waals surface area contributed by atoms with Crippen LogP contribution in [0.1, 0.15) is 12.0 Å². The molecule has 0 aromatic heterocycles. The molecule has 0 bridgehead atoms. The molecule has 0 heterocycles. The number of carboxylic acid groups (broad SMARTS) is 1. The number of hydrogen-bond acceptors (Lipinski definition) is 1. The fraction of sp³-hybridized carbons (Fsp3) is 0.364. The van der Waals surface area contributed by atoms with Crippen LogP contribution in [0.3, 0.4) is 0 Å². The largest absolute Gasteiger partial charge is 0.481 e. The highest BCUT2D eigenvalue weighted by Gasteiger charge is 2.42. The minimum Gasteiger partial charge on any atom is -0.481 e. The molecular formula is C11H10FO2. The normalized spacial score (nSPS) is 24.6. The maximum absolute atomic E-state index is 12.7. The van der Waals surface area contributed by atoms with Gasteiger partial charge in [-0.1, -0.05) is 12.1 Å². The fourth-order valence-corrected chi connectivity index (χ4v) is 1.69. The Balaban J connectivity index is 1.97. The number of carbonyl (C=O) groups is 1. The highest BCUT2D eigenvalue weighted by Crippen LogP contribution is 2.41. The predicted octanol–water partition coefficient (Wildman–Crippen LogP) is 1.89. The maximum Gasteiger partial charge on any atom is 0.306 e. The van der Waals surface area contributed by atoms with Crippen LogP contribution >= 0.6 is 0 Å². The fourth-order valence-electron chi connectivity index (χ4n) is 1.69. The van der Waals surface area contributed by atoms with Crippen molar-refractivity contribution in [1.29, 1.82) is 0 Å². The van der Waals surface area contributed by atoms with Crippen molar-refractivity contribution in [2.45, 2.75) is 12.8 Å². The molecule has 0 aliphatic heterocycles. The van der Waals surface area contributed by atoms with Gasteiger partial charge in [-0.2, -0.15) is 0 Å². The molecule has 1 saturated carbocycles. The van der Waals surface area contributed by atoms with Gasteiger partial charge < -0.3 is 5.11 Å².